The Kier molecular flexibility index (Phi) is 11.6. The molecular weight excluding hydrogens is 568 g/mol. The number of amides is 2. The predicted molar refractivity (Wildman–Crippen MR) is 180 cm³/mol. The van der Waals surface area contributed by atoms with Gasteiger partial charge in [0.1, 0.15) is 11.5 Å². The van der Waals surface area contributed by atoms with Gasteiger partial charge in [-0.1, -0.05) is 55.4 Å². The third kappa shape index (κ3) is 8.72. The van der Waals surface area contributed by atoms with Gasteiger partial charge in [0.15, 0.2) is 0 Å². The second-order valence-electron chi connectivity index (χ2n) is 13.7. The van der Waals surface area contributed by atoms with E-state index < -0.39 is 16.8 Å². The smallest absolute Gasteiger partial charge is 0.311 e. The Morgan fingerprint density at radius 1 is 1.07 bits per heavy atom. The number of carbonyl (C=O) groups is 4. The first-order valence-electron chi connectivity index (χ1n) is 16.2. The van der Waals surface area contributed by atoms with Gasteiger partial charge < -0.3 is 25.3 Å². The van der Waals surface area contributed by atoms with Gasteiger partial charge in [0.05, 0.1) is 17.6 Å². The van der Waals surface area contributed by atoms with Crippen LogP contribution < -0.4 is 15.4 Å². The van der Waals surface area contributed by atoms with Crippen LogP contribution in [-0.4, -0.2) is 59.6 Å². The van der Waals surface area contributed by atoms with Crippen molar-refractivity contribution in [3.63, 3.8) is 0 Å². The fourth-order valence-electron chi connectivity index (χ4n) is 6.49. The van der Waals surface area contributed by atoms with E-state index in [9.17, 15) is 19.2 Å². The van der Waals surface area contributed by atoms with Crippen molar-refractivity contribution in [2.75, 3.05) is 31.5 Å². The summed E-state index contributed by atoms with van der Waals surface area (Å²) in [5.74, 6) is -0.324. The Morgan fingerprint density at radius 3 is 2.36 bits per heavy atom. The van der Waals surface area contributed by atoms with Gasteiger partial charge in [0.2, 0.25) is 0 Å². The lowest BCUT2D eigenvalue weighted by Gasteiger charge is -2.34. The number of rotatable bonds is 15. The van der Waals surface area contributed by atoms with Crippen molar-refractivity contribution in [3.05, 3.63) is 46.3 Å². The Morgan fingerprint density at radius 2 is 1.73 bits per heavy atom. The quantitative estimate of drug-likeness (QED) is 0.118. The van der Waals surface area contributed by atoms with Crippen molar-refractivity contribution in [2.24, 2.45) is 16.7 Å². The molecule has 2 heterocycles. The second-order valence-corrected chi connectivity index (χ2v) is 13.7. The fraction of sp³-hybridized carbons (Fsp3) is 0.556. The number of ketones is 1. The SMILES string of the molecule is CCC(C)C(=O)C(C)(C)CC(C)(C)CC(=O)Oc1ccc2c(c1)/C(=C\c1[nH]c(C)c(C(=O)NCCN(CC)CC)c1C)C(=O)N2. The molecule has 2 aromatic rings. The molecule has 1 unspecified atom stereocenters. The van der Waals surface area contributed by atoms with Crippen LogP contribution in [0.15, 0.2) is 18.2 Å². The van der Waals surface area contributed by atoms with Crippen molar-refractivity contribution in [2.45, 2.75) is 88.5 Å². The van der Waals surface area contributed by atoms with E-state index in [1.165, 1.54) is 0 Å². The number of benzene rings is 1. The van der Waals surface area contributed by atoms with Crippen LogP contribution in [-0.2, 0) is 14.4 Å². The number of aryl methyl sites for hydroxylation is 1. The number of hydrogen-bond acceptors (Lipinski definition) is 6. The number of nitrogens with one attached hydrogen (secondary N) is 3. The molecule has 1 atom stereocenters. The number of nitrogens with zero attached hydrogens (tertiary/aromatic N) is 1. The van der Waals surface area contributed by atoms with E-state index >= 15 is 0 Å². The Hall–Kier alpha value is -3.72. The zero-order chi connectivity index (χ0) is 33.7. The highest BCUT2D eigenvalue weighted by Crippen LogP contribution is 2.40. The number of H-pyrrole nitrogens is 1. The largest absolute Gasteiger partial charge is 0.426 e. The Bertz CT molecular complexity index is 1460. The van der Waals surface area contributed by atoms with Gasteiger partial charge in [0.25, 0.3) is 11.8 Å². The summed E-state index contributed by atoms with van der Waals surface area (Å²) in [6, 6.07) is 5.07. The van der Waals surface area contributed by atoms with Crippen LogP contribution in [0.25, 0.3) is 11.6 Å². The van der Waals surface area contributed by atoms with E-state index in [0.29, 0.717) is 46.8 Å². The zero-order valence-corrected chi connectivity index (χ0v) is 28.8. The molecule has 2 amide bonds. The van der Waals surface area contributed by atoms with Gasteiger partial charge in [0, 0.05) is 47.1 Å². The fourth-order valence-corrected chi connectivity index (χ4v) is 6.49. The summed E-state index contributed by atoms with van der Waals surface area (Å²) in [7, 11) is 0. The number of ether oxygens (including phenoxy) is 1. The average Bonchev–Trinajstić information content (AvgIpc) is 3.42. The summed E-state index contributed by atoms with van der Waals surface area (Å²) in [4.78, 5) is 57.5. The van der Waals surface area contributed by atoms with E-state index in [1.807, 2.05) is 55.4 Å². The number of Topliss-reactive ketones (excluding diaryl/α,β-unsaturated/α-hetero) is 1. The maximum absolute atomic E-state index is 13.1. The molecule has 0 saturated carbocycles. The number of anilines is 1. The van der Waals surface area contributed by atoms with Crippen LogP contribution >= 0.6 is 0 Å². The first kappa shape index (κ1) is 35.8. The molecular formula is C36H52N4O5. The zero-order valence-electron chi connectivity index (χ0n) is 28.8. The summed E-state index contributed by atoms with van der Waals surface area (Å²) in [5, 5.41) is 5.88. The van der Waals surface area contributed by atoms with Gasteiger partial charge >= 0.3 is 5.97 Å². The molecule has 3 rings (SSSR count). The molecule has 0 fully saturated rings. The number of aromatic nitrogens is 1. The lowest BCUT2D eigenvalue weighted by atomic mass is 9.69. The summed E-state index contributed by atoms with van der Waals surface area (Å²) >= 11 is 0. The molecule has 0 radical (unpaired) electrons. The van der Waals surface area contributed by atoms with Gasteiger partial charge in [-0.15, -0.1) is 0 Å². The van der Waals surface area contributed by atoms with E-state index in [4.69, 9.17) is 4.74 Å². The molecule has 9 heteroatoms. The maximum Gasteiger partial charge on any atom is 0.311 e. The van der Waals surface area contributed by atoms with Gasteiger partial charge in [-0.25, -0.2) is 0 Å². The molecule has 0 aliphatic carbocycles. The van der Waals surface area contributed by atoms with E-state index in [1.54, 1.807) is 24.3 Å². The average molecular weight is 621 g/mol. The summed E-state index contributed by atoms with van der Waals surface area (Å²) in [6.07, 6.45) is 3.22. The molecule has 0 bridgehead atoms. The molecule has 0 spiro atoms. The van der Waals surface area contributed by atoms with E-state index in [0.717, 1.165) is 37.3 Å². The predicted octanol–water partition coefficient (Wildman–Crippen LogP) is 6.55. The molecule has 1 aromatic carbocycles. The molecule has 3 N–H and O–H groups in total. The third-order valence-corrected chi connectivity index (χ3v) is 8.88. The van der Waals surface area contributed by atoms with Crippen molar-refractivity contribution in [3.8, 4) is 5.75 Å². The number of carbonyl (C=O) groups excluding carboxylic acids is 4. The number of likely N-dealkylation sites (N-methyl/N-ethyl adjacent to an activating group) is 1. The second kappa shape index (κ2) is 14.6. The topological polar surface area (TPSA) is 121 Å². The Labute approximate surface area is 268 Å². The van der Waals surface area contributed by atoms with Gasteiger partial charge in [-0.2, -0.15) is 0 Å². The van der Waals surface area contributed by atoms with Crippen molar-refractivity contribution in [1.82, 2.24) is 15.2 Å². The van der Waals surface area contributed by atoms with E-state index in [2.05, 4.69) is 34.4 Å². The standard InChI is InChI=1S/C36H52N4O5/c1-11-22(4)32(42)36(9,10)21-35(7,8)20-30(41)45-25-14-15-28-26(18-25)27(33(43)39-28)19-29-23(5)31(24(6)38-29)34(44)37-16-17-40(12-2)13-3/h14-15,18-19,22,38H,11-13,16-17,20-21H2,1-10H3,(H,37,44)(H,39,43)/b27-19+. The minimum absolute atomic E-state index is 0.0299. The highest BCUT2D eigenvalue weighted by atomic mass is 16.5. The molecule has 1 aromatic heterocycles. The van der Waals surface area contributed by atoms with Crippen LogP contribution in [0.2, 0.25) is 0 Å². The number of fused-ring (bicyclic) bond motifs is 1. The van der Waals surface area contributed by atoms with Gasteiger partial charge in [-0.05, 0) is 75.0 Å². The highest BCUT2D eigenvalue weighted by Gasteiger charge is 2.37. The van der Waals surface area contributed by atoms with Crippen LogP contribution in [0.1, 0.15) is 108 Å². The molecule has 45 heavy (non-hydrogen) atoms. The molecule has 1 aliphatic rings. The molecule has 1 aliphatic heterocycles. The summed E-state index contributed by atoms with van der Waals surface area (Å²) in [6.45, 7) is 22.9. The third-order valence-electron chi connectivity index (χ3n) is 8.88. The van der Waals surface area contributed by atoms with Crippen LogP contribution in [0.5, 0.6) is 5.75 Å². The van der Waals surface area contributed by atoms with Crippen molar-refractivity contribution in [1.29, 1.82) is 0 Å². The summed E-state index contributed by atoms with van der Waals surface area (Å²) < 4.78 is 5.75. The van der Waals surface area contributed by atoms with Crippen LogP contribution in [0.4, 0.5) is 5.69 Å². The first-order chi connectivity index (χ1) is 21.0. The molecule has 9 nitrogen and oxygen atoms in total. The minimum atomic E-state index is -0.557. The first-order valence-corrected chi connectivity index (χ1v) is 16.2. The molecule has 246 valence electrons. The highest BCUT2D eigenvalue weighted by molar-refractivity contribution is 6.35. The number of esters is 1. The number of hydrogen-bond donors (Lipinski definition) is 3. The van der Waals surface area contributed by atoms with Crippen LogP contribution in [0, 0.1) is 30.6 Å². The van der Waals surface area contributed by atoms with Crippen molar-refractivity contribution >= 4 is 40.9 Å². The summed E-state index contributed by atoms with van der Waals surface area (Å²) in [5.41, 5.74) is 3.33. The lowest BCUT2D eigenvalue weighted by molar-refractivity contribution is -0.139. The lowest BCUT2D eigenvalue weighted by Crippen LogP contribution is -2.35. The Balaban J connectivity index is 1.76. The number of aromatic amines is 1. The normalized spacial score (nSPS) is 14.8. The van der Waals surface area contributed by atoms with Gasteiger partial charge in [-0.3, -0.25) is 19.2 Å². The van der Waals surface area contributed by atoms with E-state index in [-0.39, 0.29) is 29.9 Å². The van der Waals surface area contributed by atoms with Crippen LogP contribution in [0.3, 0.4) is 0 Å². The minimum Gasteiger partial charge on any atom is -0.426 e. The monoisotopic (exact) mass is 620 g/mol. The molecule has 0 saturated heterocycles. The maximum atomic E-state index is 13.1. The van der Waals surface area contributed by atoms with Crippen molar-refractivity contribution < 1.29 is 23.9 Å².